The van der Waals surface area contributed by atoms with Gasteiger partial charge in [0, 0.05) is 19.2 Å². The quantitative estimate of drug-likeness (QED) is 0.827. The molecule has 0 aliphatic heterocycles. The molecule has 104 valence electrons. The van der Waals surface area contributed by atoms with Gasteiger partial charge in [-0.25, -0.2) is 4.79 Å². The summed E-state index contributed by atoms with van der Waals surface area (Å²) in [5, 5.41) is 8.62. The third kappa shape index (κ3) is 6.77. The third-order valence-electron chi connectivity index (χ3n) is 2.57. The molecule has 19 heavy (non-hydrogen) atoms. The maximum absolute atomic E-state index is 10.5. The van der Waals surface area contributed by atoms with E-state index in [9.17, 15) is 4.79 Å². The predicted octanol–water partition coefficient (Wildman–Crippen LogP) is 3.26. The van der Waals surface area contributed by atoms with Crippen LogP contribution in [0.3, 0.4) is 0 Å². The second kappa shape index (κ2) is 6.53. The zero-order valence-electron chi connectivity index (χ0n) is 12.2. The van der Waals surface area contributed by atoms with Crippen molar-refractivity contribution in [3.8, 4) is 0 Å². The van der Waals surface area contributed by atoms with Crippen LogP contribution in [0.2, 0.25) is 0 Å². The van der Waals surface area contributed by atoms with Crippen LogP contribution in [-0.4, -0.2) is 29.6 Å². The molecule has 0 heterocycles. The van der Waals surface area contributed by atoms with Crippen molar-refractivity contribution < 1.29 is 9.90 Å². The summed E-state index contributed by atoms with van der Waals surface area (Å²) in [6.07, 6.45) is 2.79. The minimum absolute atomic E-state index is 0.273. The molecule has 1 aromatic rings. The number of hydrogen-bond donors (Lipinski definition) is 1. The van der Waals surface area contributed by atoms with E-state index in [4.69, 9.17) is 5.11 Å². The molecular formula is C16H23NO2. The fraction of sp³-hybridized carbons (Fsp3) is 0.438. The number of rotatable bonds is 5. The van der Waals surface area contributed by atoms with Crippen molar-refractivity contribution >= 4 is 12.0 Å². The number of hydrogen-bond acceptors (Lipinski definition) is 2. The number of nitrogens with zero attached hydrogens (tertiary/aromatic N) is 1. The summed E-state index contributed by atoms with van der Waals surface area (Å²) in [6.45, 7) is 8.54. The monoisotopic (exact) mass is 261 g/mol. The van der Waals surface area contributed by atoms with E-state index in [0.717, 1.165) is 24.7 Å². The molecule has 0 fully saturated rings. The maximum atomic E-state index is 10.5. The molecule has 0 aliphatic carbocycles. The fourth-order valence-corrected chi connectivity index (χ4v) is 2.14. The van der Waals surface area contributed by atoms with Crippen LogP contribution in [0.25, 0.3) is 6.08 Å². The zero-order valence-corrected chi connectivity index (χ0v) is 12.2. The molecule has 0 saturated carbocycles. The van der Waals surface area contributed by atoms with E-state index in [1.165, 1.54) is 5.56 Å². The average molecular weight is 261 g/mol. The molecule has 0 radical (unpaired) electrons. The Kier molecular flexibility index (Phi) is 5.31. The molecule has 1 rings (SSSR count). The minimum Gasteiger partial charge on any atom is -0.478 e. The van der Waals surface area contributed by atoms with Gasteiger partial charge in [-0.3, -0.25) is 0 Å². The van der Waals surface area contributed by atoms with Crippen LogP contribution in [0, 0.1) is 5.41 Å². The van der Waals surface area contributed by atoms with Crippen molar-refractivity contribution in [2.75, 3.05) is 13.6 Å². The van der Waals surface area contributed by atoms with Crippen molar-refractivity contribution in [3.05, 3.63) is 41.5 Å². The number of carboxylic acids is 1. The van der Waals surface area contributed by atoms with Gasteiger partial charge in [-0.1, -0.05) is 45.0 Å². The molecule has 3 heteroatoms. The molecule has 0 saturated heterocycles. The molecule has 1 aromatic carbocycles. The Morgan fingerprint density at radius 1 is 1.37 bits per heavy atom. The smallest absolute Gasteiger partial charge is 0.328 e. The normalized spacial score (nSPS) is 12.3. The molecule has 3 nitrogen and oxygen atoms in total. The lowest BCUT2D eigenvalue weighted by molar-refractivity contribution is -0.131. The van der Waals surface area contributed by atoms with Crippen molar-refractivity contribution in [1.29, 1.82) is 0 Å². The van der Waals surface area contributed by atoms with E-state index in [1.807, 2.05) is 18.2 Å². The summed E-state index contributed by atoms with van der Waals surface area (Å²) >= 11 is 0. The first-order valence-corrected chi connectivity index (χ1v) is 6.45. The van der Waals surface area contributed by atoms with Gasteiger partial charge in [0.25, 0.3) is 0 Å². The van der Waals surface area contributed by atoms with Crippen molar-refractivity contribution in [2.24, 2.45) is 5.41 Å². The topological polar surface area (TPSA) is 40.5 Å². The fourth-order valence-electron chi connectivity index (χ4n) is 2.14. The number of benzene rings is 1. The highest BCUT2D eigenvalue weighted by atomic mass is 16.4. The van der Waals surface area contributed by atoms with E-state index < -0.39 is 5.97 Å². The van der Waals surface area contributed by atoms with Crippen LogP contribution in [0.15, 0.2) is 30.3 Å². The Morgan fingerprint density at radius 2 is 2.05 bits per heavy atom. The lowest BCUT2D eigenvalue weighted by Gasteiger charge is -2.26. The summed E-state index contributed by atoms with van der Waals surface area (Å²) in [4.78, 5) is 12.8. The molecule has 1 N–H and O–H groups in total. The predicted molar refractivity (Wildman–Crippen MR) is 78.9 cm³/mol. The lowest BCUT2D eigenvalue weighted by atomic mass is 9.96. The lowest BCUT2D eigenvalue weighted by Crippen LogP contribution is -2.28. The van der Waals surface area contributed by atoms with Gasteiger partial charge in [-0.05, 0) is 29.7 Å². The van der Waals surface area contributed by atoms with Crippen LogP contribution in [0.5, 0.6) is 0 Å². The molecule has 0 amide bonds. The summed E-state index contributed by atoms with van der Waals surface area (Å²) in [5.74, 6) is -0.921. The minimum atomic E-state index is -0.921. The second-order valence-electron chi connectivity index (χ2n) is 6.15. The van der Waals surface area contributed by atoms with Gasteiger partial charge in [0.1, 0.15) is 0 Å². The summed E-state index contributed by atoms with van der Waals surface area (Å²) in [7, 11) is 2.10. The first-order chi connectivity index (χ1) is 8.76. The third-order valence-corrected chi connectivity index (χ3v) is 2.57. The first kappa shape index (κ1) is 15.4. The molecule has 0 spiro atoms. The van der Waals surface area contributed by atoms with E-state index in [-0.39, 0.29) is 5.41 Å². The van der Waals surface area contributed by atoms with Gasteiger partial charge in [0.15, 0.2) is 0 Å². The highest BCUT2D eigenvalue weighted by Crippen LogP contribution is 2.16. The average Bonchev–Trinajstić information content (AvgIpc) is 2.24. The van der Waals surface area contributed by atoms with Crippen LogP contribution in [-0.2, 0) is 11.3 Å². The van der Waals surface area contributed by atoms with Gasteiger partial charge in [-0.2, -0.15) is 0 Å². The van der Waals surface area contributed by atoms with Crippen LogP contribution < -0.4 is 0 Å². The molecule has 0 aliphatic rings. The number of carbonyl (C=O) groups is 1. The van der Waals surface area contributed by atoms with Crippen molar-refractivity contribution in [2.45, 2.75) is 27.3 Å². The Bertz CT molecular complexity index is 458. The Labute approximate surface area is 115 Å². The largest absolute Gasteiger partial charge is 0.478 e. The van der Waals surface area contributed by atoms with Crippen molar-refractivity contribution in [1.82, 2.24) is 4.90 Å². The van der Waals surface area contributed by atoms with Crippen molar-refractivity contribution in [3.63, 3.8) is 0 Å². The van der Waals surface area contributed by atoms with Crippen LogP contribution in [0.1, 0.15) is 31.9 Å². The summed E-state index contributed by atoms with van der Waals surface area (Å²) < 4.78 is 0. The van der Waals surface area contributed by atoms with Gasteiger partial charge >= 0.3 is 5.97 Å². The molecule has 0 unspecified atom stereocenters. The Morgan fingerprint density at radius 3 is 2.63 bits per heavy atom. The van der Waals surface area contributed by atoms with Gasteiger partial charge in [-0.15, -0.1) is 0 Å². The Hall–Kier alpha value is -1.61. The van der Waals surface area contributed by atoms with Crippen LogP contribution >= 0.6 is 0 Å². The SMILES string of the molecule is CN(Cc1cccc(C=CC(=O)O)c1)CC(C)(C)C. The van der Waals surface area contributed by atoms with E-state index in [0.29, 0.717) is 0 Å². The molecular weight excluding hydrogens is 238 g/mol. The first-order valence-electron chi connectivity index (χ1n) is 6.45. The number of aliphatic carboxylic acids is 1. The van der Waals surface area contributed by atoms with Crippen LogP contribution in [0.4, 0.5) is 0 Å². The van der Waals surface area contributed by atoms with E-state index in [2.05, 4.69) is 38.8 Å². The summed E-state index contributed by atoms with van der Waals surface area (Å²) in [6, 6.07) is 7.96. The highest BCUT2D eigenvalue weighted by Gasteiger charge is 2.13. The van der Waals surface area contributed by atoms with E-state index in [1.54, 1.807) is 6.08 Å². The molecule has 0 aromatic heterocycles. The highest BCUT2D eigenvalue weighted by molar-refractivity contribution is 5.85. The zero-order chi connectivity index (χ0) is 14.5. The van der Waals surface area contributed by atoms with Gasteiger partial charge in [0.2, 0.25) is 0 Å². The Balaban J connectivity index is 2.69. The second-order valence-corrected chi connectivity index (χ2v) is 6.15. The van der Waals surface area contributed by atoms with Gasteiger partial charge < -0.3 is 10.0 Å². The maximum Gasteiger partial charge on any atom is 0.328 e. The molecule has 0 bridgehead atoms. The summed E-state index contributed by atoms with van der Waals surface area (Å²) in [5.41, 5.74) is 2.39. The van der Waals surface area contributed by atoms with Gasteiger partial charge in [0.05, 0.1) is 0 Å². The standard InChI is InChI=1S/C16H23NO2/c1-16(2,3)12-17(4)11-14-7-5-6-13(10-14)8-9-15(18)19/h5-10H,11-12H2,1-4H3,(H,18,19). The molecule has 0 atom stereocenters. The van der Waals surface area contributed by atoms with E-state index >= 15 is 0 Å². The number of carboxylic acid groups (broad SMARTS) is 1.